The van der Waals surface area contributed by atoms with Crippen molar-refractivity contribution < 1.29 is 9.53 Å². The first-order valence-corrected chi connectivity index (χ1v) is 5.43. The Morgan fingerprint density at radius 3 is 2.40 bits per heavy atom. The Hall–Kier alpha value is -0.830. The minimum atomic E-state index is -0.601. The van der Waals surface area contributed by atoms with Crippen LogP contribution in [0.15, 0.2) is 11.8 Å². The summed E-state index contributed by atoms with van der Waals surface area (Å²) in [4.78, 5) is 12.2. The normalized spacial score (nSPS) is 18.1. The lowest BCUT2D eigenvalue weighted by atomic mass is 9.71. The van der Waals surface area contributed by atoms with Crippen LogP contribution >= 0.6 is 0 Å². The summed E-state index contributed by atoms with van der Waals surface area (Å²) in [5.74, 6) is 0.500. The van der Waals surface area contributed by atoms with E-state index in [1.54, 1.807) is 0 Å². The molecule has 0 aromatic carbocycles. The lowest BCUT2D eigenvalue weighted by Gasteiger charge is -2.37. The van der Waals surface area contributed by atoms with E-state index in [0.29, 0.717) is 12.4 Å². The number of rotatable bonds is 3. The van der Waals surface area contributed by atoms with E-state index in [2.05, 4.69) is 0 Å². The Balaban J connectivity index is 2.88. The predicted octanol–water partition coefficient (Wildman–Crippen LogP) is 2.01. The Morgan fingerprint density at radius 1 is 1.40 bits per heavy atom. The molecule has 0 radical (unpaired) electrons. The molecule has 0 saturated heterocycles. The number of nitrogens with two attached hydrogens (primary N) is 1. The first kappa shape index (κ1) is 12.2. The van der Waals surface area contributed by atoms with Crippen molar-refractivity contribution in [2.24, 2.45) is 11.1 Å². The van der Waals surface area contributed by atoms with Crippen molar-refractivity contribution in [3.8, 4) is 0 Å². The molecule has 15 heavy (non-hydrogen) atoms. The van der Waals surface area contributed by atoms with Gasteiger partial charge in [0.25, 0.3) is 0 Å². The molecule has 1 aliphatic rings. The van der Waals surface area contributed by atoms with Crippen LogP contribution in [-0.4, -0.2) is 17.9 Å². The monoisotopic (exact) mass is 211 g/mol. The Kier molecular flexibility index (Phi) is 3.24. The summed E-state index contributed by atoms with van der Waals surface area (Å²) in [5.41, 5.74) is 4.87. The van der Waals surface area contributed by atoms with Crippen molar-refractivity contribution in [3.05, 3.63) is 11.8 Å². The zero-order valence-electron chi connectivity index (χ0n) is 10.1. The van der Waals surface area contributed by atoms with E-state index < -0.39 is 11.0 Å². The summed E-state index contributed by atoms with van der Waals surface area (Å²) in [7, 11) is 0. The highest BCUT2D eigenvalue weighted by Gasteiger charge is 2.42. The van der Waals surface area contributed by atoms with Crippen LogP contribution in [0.25, 0.3) is 0 Å². The van der Waals surface area contributed by atoms with Gasteiger partial charge in [-0.1, -0.05) is 13.8 Å². The third kappa shape index (κ3) is 2.40. The Morgan fingerprint density at radius 2 is 2.00 bits per heavy atom. The van der Waals surface area contributed by atoms with Crippen LogP contribution in [0.2, 0.25) is 0 Å². The first-order valence-electron chi connectivity index (χ1n) is 5.43. The molecule has 0 aromatic rings. The number of hydrogen-bond donors (Lipinski definition) is 1. The average molecular weight is 211 g/mol. The molecule has 0 aliphatic carbocycles. The quantitative estimate of drug-likeness (QED) is 0.777. The first-order chi connectivity index (χ1) is 6.77. The number of carbonyl (C=O) groups excluding carboxylic acids is 1. The van der Waals surface area contributed by atoms with Crippen molar-refractivity contribution >= 4 is 5.78 Å². The number of ether oxygens (including phenoxy) is 1. The van der Waals surface area contributed by atoms with Gasteiger partial charge in [0.15, 0.2) is 5.76 Å². The van der Waals surface area contributed by atoms with Gasteiger partial charge in [0.05, 0.1) is 6.61 Å². The molecule has 0 saturated carbocycles. The highest BCUT2D eigenvalue weighted by molar-refractivity contribution is 5.98. The van der Waals surface area contributed by atoms with Gasteiger partial charge in [-0.3, -0.25) is 4.79 Å². The maximum Gasteiger partial charge on any atom is 0.204 e. The van der Waals surface area contributed by atoms with Crippen LogP contribution < -0.4 is 5.73 Å². The standard InChI is InChI=1S/C12H21NO2/c1-11(2,12(3,4)13)10(14)9-7-5-6-8-15-9/h7H,5-6,8,13H2,1-4H3. The van der Waals surface area contributed by atoms with Crippen LogP contribution in [0.4, 0.5) is 0 Å². The third-order valence-corrected chi connectivity index (χ3v) is 3.34. The van der Waals surface area contributed by atoms with Crippen molar-refractivity contribution in [1.82, 2.24) is 0 Å². The maximum absolute atomic E-state index is 12.2. The van der Waals surface area contributed by atoms with E-state index in [-0.39, 0.29) is 5.78 Å². The zero-order chi connectivity index (χ0) is 11.7. The molecule has 0 fully saturated rings. The topological polar surface area (TPSA) is 52.3 Å². The highest BCUT2D eigenvalue weighted by atomic mass is 16.5. The van der Waals surface area contributed by atoms with Crippen LogP contribution in [-0.2, 0) is 9.53 Å². The van der Waals surface area contributed by atoms with E-state index in [1.807, 2.05) is 33.8 Å². The lowest BCUT2D eigenvalue weighted by molar-refractivity contribution is -0.129. The zero-order valence-corrected chi connectivity index (χ0v) is 10.1. The summed E-state index contributed by atoms with van der Waals surface area (Å²) in [6, 6.07) is 0. The fourth-order valence-corrected chi connectivity index (χ4v) is 1.32. The molecule has 3 heteroatoms. The summed E-state index contributed by atoms with van der Waals surface area (Å²) in [6.45, 7) is 8.11. The Bertz CT molecular complexity index is 284. The number of allylic oxidation sites excluding steroid dienone is 2. The van der Waals surface area contributed by atoms with Gasteiger partial charge in [-0.25, -0.2) is 0 Å². The number of ketones is 1. The smallest absolute Gasteiger partial charge is 0.204 e. The molecular formula is C12H21NO2. The fraction of sp³-hybridized carbons (Fsp3) is 0.750. The number of carbonyl (C=O) groups is 1. The average Bonchev–Trinajstić information content (AvgIpc) is 2.16. The number of Topliss-reactive ketones (excluding diaryl/α,β-unsaturated/α-hetero) is 1. The van der Waals surface area contributed by atoms with E-state index in [4.69, 9.17) is 10.5 Å². The summed E-state index contributed by atoms with van der Waals surface area (Å²) >= 11 is 0. The van der Waals surface area contributed by atoms with Gasteiger partial charge in [0.2, 0.25) is 5.78 Å². The Labute approximate surface area is 91.7 Å². The minimum absolute atomic E-state index is 0.00898. The molecule has 2 N–H and O–H groups in total. The molecule has 1 aliphatic heterocycles. The van der Waals surface area contributed by atoms with Crippen LogP contribution in [0.1, 0.15) is 40.5 Å². The van der Waals surface area contributed by atoms with Gasteiger partial charge in [-0.2, -0.15) is 0 Å². The second-order valence-corrected chi connectivity index (χ2v) is 5.23. The van der Waals surface area contributed by atoms with Crippen molar-refractivity contribution in [1.29, 1.82) is 0 Å². The second-order valence-electron chi connectivity index (χ2n) is 5.23. The van der Waals surface area contributed by atoms with Gasteiger partial charge < -0.3 is 10.5 Å². The van der Waals surface area contributed by atoms with Crippen molar-refractivity contribution in [3.63, 3.8) is 0 Å². The molecule has 0 bridgehead atoms. The van der Waals surface area contributed by atoms with Gasteiger partial charge in [0.1, 0.15) is 0 Å². The molecule has 0 unspecified atom stereocenters. The molecule has 1 rings (SSSR count). The fourth-order valence-electron chi connectivity index (χ4n) is 1.32. The summed E-state index contributed by atoms with van der Waals surface area (Å²) in [6.07, 6.45) is 3.78. The van der Waals surface area contributed by atoms with Crippen LogP contribution in [0, 0.1) is 5.41 Å². The number of hydrogen-bond acceptors (Lipinski definition) is 3. The third-order valence-electron chi connectivity index (χ3n) is 3.34. The van der Waals surface area contributed by atoms with Crippen molar-refractivity contribution in [2.75, 3.05) is 6.61 Å². The largest absolute Gasteiger partial charge is 0.490 e. The summed E-state index contributed by atoms with van der Waals surface area (Å²) < 4.78 is 5.38. The molecule has 0 amide bonds. The van der Waals surface area contributed by atoms with E-state index in [9.17, 15) is 4.79 Å². The lowest BCUT2D eigenvalue weighted by Crippen LogP contribution is -2.52. The molecule has 86 valence electrons. The van der Waals surface area contributed by atoms with Gasteiger partial charge >= 0.3 is 0 Å². The highest BCUT2D eigenvalue weighted by Crippen LogP contribution is 2.33. The molecular weight excluding hydrogens is 190 g/mol. The van der Waals surface area contributed by atoms with Gasteiger partial charge in [0, 0.05) is 11.0 Å². The molecule has 1 heterocycles. The predicted molar refractivity (Wildman–Crippen MR) is 60.3 cm³/mol. The van der Waals surface area contributed by atoms with Crippen LogP contribution in [0.3, 0.4) is 0 Å². The molecule has 0 spiro atoms. The molecule has 0 atom stereocenters. The van der Waals surface area contributed by atoms with Crippen LogP contribution in [0.5, 0.6) is 0 Å². The molecule has 3 nitrogen and oxygen atoms in total. The van der Waals surface area contributed by atoms with E-state index in [0.717, 1.165) is 12.8 Å². The molecule has 0 aromatic heterocycles. The minimum Gasteiger partial charge on any atom is -0.490 e. The van der Waals surface area contributed by atoms with Gasteiger partial charge in [-0.05, 0) is 32.8 Å². The maximum atomic E-state index is 12.2. The van der Waals surface area contributed by atoms with Crippen molar-refractivity contribution in [2.45, 2.75) is 46.1 Å². The summed E-state index contributed by atoms with van der Waals surface area (Å²) in [5, 5.41) is 0. The second kappa shape index (κ2) is 3.97. The van der Waals surface area contributed by atoms with E-state index >= 15 is 0 Å². The SMILES string of the molecule is CC(C)(N)C(C)(C)C(=O)C1=CCCCO1. The van der Waals surface area contributed by atoms with E-state index in [1.165, 1.54) is 0 Å². The van der Waals surface area contributed by atoms with Gasteiger partial charge in [-0.15, -0.1) is 0 Å².